The Hall–Kier alpha value is -3.37. The third-order valence-corrected chi connectivity index (χ3v) is 6.62. The van der Waals surface area contributed by atoms with Gasteiger partial charge in [-0.3, -0.25) is 0 Å². The molecule has 0 saturated carbocycles. The molecule has 0 amide bonds. The summed E-state index contributed by atoms with van der Waals surface area (Å²) in [5, 5.41) is 4.57. The number of fused-ring (bicyclic) bond motifs is 3. The molecule has 8 nitrogen and oxygen atoms in total. The highest BCUT2D eigenvalue weighted by Gasteiger charge is 2.23. The third kappa shape index (κ3) is 4.64. The normalized spacial score (nSPS) is 12.7. The number of rotatable bonds is 8. The van der Waals surface area contributed by atoms with Gasteiger partial charge in [-0.1, -0.05) is 6.07 Å². The molecule has 4 aromatic rings. The van der Waals surface area contributed by atoms with Gasteiger partial charge in [0.25, 0.3) is 0 Å². The molecule has 3 aromatic heterocycles. The SMILES string of the molecule is CN(C)CCCOc1ccc(-c2ccc3c(c2)OCCc2sc(-c4ncnn4CF)nc2-3)cn1. The van der Waals surface area contributed by atoms with E-state index in [0.29, 0.717) is 29.9 Å². The van der Waals surface area contributed by atoms with Gasteiger partial charge in [0.05, 0.1) is 18.9 Å². The predicted octanol–water partition coefficient (Wildman–Crippen LogP) is 4.32. The molecule has 0 atom stereocenters. The van der Waals surface area contributed by atoms with Crippen LogP contribution in [0.25, 0.3) is 33.2 Å². The van der Waals surface area contributed by atoms with Crippen molar-refractivity contribution < 1.29 is 13.9 Å². The van der Waals surface area contributed by atoms with Gasteiger partial charge in [0, 0.05) is 41.2 Å². The molecule has 0 unspecified atom stereocenters. The molecule has 10 heteroatoms. The monoisotopic (exact) mass is 480 g/mol. The number of halogens is 1. The Morgan fingerprint density at radius 1 is 1.18 bits per heavy atom. The number of hydrogen-bond acceptors (Lipinski definition) is 8. The maximum atomic E-state index is 13.2. The van der Waals surface area contributed by atoms with E-state index in [1.165, 1.54) is 22.3 Å². The van der Waals surface area contributed by atoms with Gasteiger partial charge in [-0.05, 0) is 44.3 Å². The zero-order chi connectivity index (χ0) is 23.5. The summed E-state index contributed by atoms with van der Waals surface area (Å²) in [5.41, 5.74) is 3.75. The molecule has 0 bridgehead atoms. The third-order valence-electron chi connectivity index (χ3n) is 5.51. The Bertz CT molecular complexity index is 1270. The van der Waals surface area contributed by atoms with Crippen LogP contribution in [0.15, 0.2) is 42.9 Å². The minimum atomic E-state index is -0.739. The van der Waals surface area contributed by atoms with E-state index >= 15 is 0 Å². The van der Waals surface area contributed by atoms with E-state index in [4.69, 9.17) is 14.5 Å². The number of hydrogen-bond donors (Lipinski definition) is 0. The lowest BCUT2D eigenvalue weighted by molar-refractivity contribution is 0.273. The van der Waals surface area contributed by atoms with E-state index in [0.717, 1.165) is 52.4 Å². The van der Waals surface area contributed by atoms with Crippen LogP contribution in [0.1, 0.15) is 11.3 Å². The first kappa shape index (κ1) is 22.4. The first-order valence-corrected chi connectivity index (χ1v) is 11.9. The van der Waals surface area contributed by atoms with Crippen LogP contribution in [0.4, 0.5) is 4.39 Å². The van der Waals surface area contributed by atoms with Gasteiger partial charge in [0.2, 0.25) is 5.88 Å². The highest BCUT2D eigenvalue weighted by Crippen LogP contribution is 2.41. The minimum absolute atomic E-state index is 0.440. The van der Waals surface area contributed by atoms with E-state index in [-0.39, 0.29) is 0 Å². The fourth-order valence-corrected chi connectivity index (χ4v) is 4.87. The van der Waals surface area contributed by atoms with Gasteiger partial charge in [-0.2, -0.15) is 5.10 Å². The summed E-state index contributed by atoms with van der Waals surface area (Å²) in [7, 11) is 4.09. The van der Waals surface area contributed by atoms with Crippen LogP contribution in [0.2, 0.25) is 0 Å². The lowest BCUT2D eigenvalue weighted by Crippen LogP contribution is -2.15. The smallest absolute Gasteiger partial charge is 0.213 e. The van der Waals surface area contributed by atoms with Crippen molar-refractivity contribution in [1.82, 2.24) is 29.6 Å². The zero-order valence-electron chi connectivity index (χ0n) is 19.1. The van der Waals surface area contributed by atoms with Gasteiger partial charge >= 0.3 is 0 Å². The van der Waals surface area contributed by atoms with E-state index in [9.17, 15) is 4.39 Å². The van der Waals surface area contributed by atoms with Crippen molar-refractivity contribution in [2.45, 2.75) is 19.6 Å². The molecule has 176 valence electrons. The molecule has 5 rings (SSSR count). The Labute approximate surface area is 201 Å². The summed E-state index contributed by atoms with van der Waals surface area (Å²) >= 11 is 1.50. The quantitative estimate of drug-likeness (QED) is 0.348. The van der Waals surface area contributed by atoms with Crippen molar-refractivity contribution in [3.05, 3.63) is 47.7 Å². The molecule has 0 spiro atoms. The van der Waals surface area contributed by atoms with E-state index in [1.807, 2.05) is 50.6 Å². The van der Waals surface area contributed by atoms with E-state index in [2.05, 4.69) is 20.0 Å². The van der Waals surface area contributed by atoms with Gasteiger partial charge in [-0.25, -0.2) is 24.0 Å². The number of thiazole rings is 1. The van der Waals surface area contributed by atoms with Crippen molar-refractivity contribution in [2.75, 3.05) is 33.9 Å². The van der Waals surface area contributed by atoms with Crippen molar-refractivity contribution in [3.8, 4) is 44.8 Å². The fourth-order valence-electron chi connectivity index (χ4n) is 3.81. The Morgan fingerprint density at radius 3 is 2.85 bits per heavy atom. The molecular weight excluding hydrogens is 455 g/mol. The topological polar surface area (TPSA) is 78.2 Å². The van der Waals surface area contributed by atoms with Crippen molar-refractivity contribution >= 4 is 11.3 Å². The number of nitrogens with zero attached hydrogens (tertiary/aromatic N) is 6. The van der Waals surface area contributed by atoms with Crippen molar-refractivity contribution in [1.29, 1.82) is 0 Å². The van der Waals surface area contributed by atoms with Crippen LogP contribution in [0, 0.1) is 0 Å². The summed E-state index contributed by atoms with van der Waals surface area (Å²) in [6, 6.07) is 9.97. The van der Waals surface area contributed by atoms with Crippen LogP contribution in [0.5, 0.6) is 11.6 Å². The standard InChI is InChI=1S/C24H25FN6O2S/c1-30(2)9-3-10-33-21-7-5-17(13-26-21)16-4-6-18-19(12-16)32-11-8-20-22(18)29-24(34-20)23-27-15-28-31(23)14-25/h4-7,12-13,15H,3,8-11,14H2,1-2H3. The number of pyridine rings is 1. The van der Waals surface area contributed by atoms with E-state index < -0.39 is 6.80 Å². The van der Waals surface area contributed by atoms with Crippen LogP contribution in [-0.4, -0.2) is 63.5 Å². The summed E-state index contributed by atoms with van der Waals surface area (Å²) in [6.45, 7) is 1.41. The minimum Gasteiger partial charge on any atom is -0.492 e. The first-order chi connectivity index (χ1) is 16.6. The fraction of sp³-hybridized carbons (Fsp3) is 0.333. The molecular formula is C24H25FN6O2S. The van der Waals surface area contributed by atoms with Crippen LogP contribution in [-0.2, 0) is 13.2 Å². The average molecular weight is 481 g/mol. The van der Waals surface area contributed by atoms with Gasteiger partial charge < -0.3 is 14.4 Å². The first-order valence-electron chi connectivity index (χ1n) is 11.1. The number of aromatic nitrogens is 5. The van der Waals surface area contributed by atoms with Gasteiger partial charge in [0.15, 0.2) is 17.6 Å². The molecule has 0 saturated heterocycles. The largest absolute Gasteiger partial charge is 0.492 e. The summed E-state index contributed by atoms with van der Waals surface area (Å²) in [5.74, 6) is 1.83. The highest BCUT2D eigenvalue weighted by molar-refractivity contribution is 7.15. The number of alkyl halides is 1. The van der Waals surface area contributed by atoms with Gasteiger partial charge in [-0.15, -0.1) is 11.3 Å². The summed E-state index contributed by atoms with van der Waals surface area (Å²) in [4.78, 5) is 16.6. The molecule has 0 radical (unpaired) electrons. The highest BCUT2D eigenvalue weighted by atomic mass is 32.1. The molecule has 0 aliphatic carbocycles. The van der Waals surface area contributed by atoms with Crippen molar-refractivity contribution in [2.24, 2.45) is 0 Å². The Morgan fingerprint density at radius 2 is 2.06 bits per heavy atom. The second kappa shape index (κ2) is 9.86. The lowest BCUT2D eigenvalue weighted by Gasteiger charge is -2.11. The summed E-state index contributed by atoms with van der Waals surface area (Å²) in [6.07, 6.45) is 4.84. The molecule has 1 aliphatic heterocycles. The van der Waals surface area contributed by atoms with Gasteiger partial charge in [0.1, 0.15) is 12.1 Å². The molecule has 34 heavy (non-hydrogen) atoms. The molecule has 0 fully saturated rings. The molecule has 0 N–H and O–H groups in total. The van der Waals surface area contributed by atoms with Crippen LogP contribution < -0.4 is 9.47 Å². The summed E-state index contributed by atoms with van der Waals surface area (Å²) < 4.78 is 26.2. The molecule has 1 aromatic carbocycles. The van der Waals surface area contributed by atoms with E-state index in [1.54, 1.807) is 0 Å². The zero-order valence-corrected chi connectivity index (χ0v) is 19.9. The second-order valence-electron chi connectivity index (χ2n) is 8.19. The van der Waals surface area contributed by atoms with Crippen LogP contribution >= 0.6 is 11.3 Å². The Kier molecular flexibility index (Phi) is 6.50. The number of ether oxygens (including phenoxy) is 2. The predicted molar refractivity (Wildman–Crippen MR) is 129 cm³/mol. The number of benzene rings is 1. The van der Waals surface area contributed by atoms with Crippen LogP contribution in [0.3, 0.4) is 0 Å². The lowest BCUT2D eigenvalue weighted by atomic mass is 10.0. The maximum absolute atomic E-state index is 13.2. The Balaban J connectivity index is 1.37. The molecule has 1 aliphatic rings. The van der Waals surface area contributed by atoms with Crippen molar-refractivity contribution in [3.63, 3.8) is 0 Å². The average Bonchev–Trinajstić information content (AvgIpc) is 3.45. The molecule has 4 heterocycles. The second-order valence-corrected chi connectivity index (χ2v) is 9.28. The maximum Gasteiger partial charge on any atom is 0.213 e.